The summed E-state index contributed by atoms with van der Waals surface area (Å²) < 4.78 is 0. The number of urea groups is 1. The van der Waals surface area contributed by atoms with Gasteiger partial charge in [0.1, 0.15) is 5.82 Å². The summed E-state index contributed by atoms with van der Waals surface area (Å²) in [7, 11) is 0. The van der Waals surface area contributed by atoms with E-state index in [9.17, 15) is 9.59 Å². The summed E-state index contributed by atoms with van der Waals surface area (Å²) in [5.41, 5.74) is 4.88. The number of hydrogen-bond donors (Lipinski definition) is 3. The molecule has 7 heteroatoms. The number of rotatable bonds is 6. The molecule has 1 saturated heterocycles. The number of hydrogen-bond acceptors (Lipinski definition) is 4. The summed E-state index contributed by atoms with van der Waals surface area (Å²) in [6, 6.07) is 7.64. The molecule has 0 atom stereocenters. The van der Waals surface area contributed by atoms with E-state index in [1.165, 1.54) is 12.8 Å². The molecule has 1 fully saturated rings. The van der Waals surface area contributed by atoms with Gasteiger partial charge >= 0.3 is 6.03 Å². The van der Waals surface area contributed by atoms with Gasteiger partial charge in [-0.3, -0.25) is 4.79 Å². The molecule has 1 aliphatic heterocycles. The molecule has 1 aromatic heterocycles. The zero-order chi connectivity index (χ0) is 22.4. The Morgan fingerprint density at radius 1 is 1.06 bits per heavy atom. The highest BCUT2D eigenvalue weighted by Crippen LogP contribution is 2.22. The van der Waals surface area contributed by atoms with E-state index in [-0.39, 0.29) is 18.5 Å². The van der Waals surface area contributed by atoms with Gasteiger partial charge in [-0.05, 0) is 62.3 Å². The van der Waals surface area contributed by atoms with Crippen molar-refractivity contribution in [1.82, 2.24) is 15.6 Å². The molecule has 2 heterocycles. The maximum Gasteiger partial charge on any atom is 0.315 e. The molecule has 7 nitrogen and oxygen atoms in total. The highest BCUT2D eigenvalue weighted by molar-refractivity contribution is 5.95. The van der Waals surface area contributed by atoms with Gasteiger partial charge in [0.25, 0.3) is 0 Å². The summed E-state index contributed by atoms with van der Waals surface area (Å²) in [4.78, 5) is 31.1. The van der Waals surface area contributed by atoms with E-state index in [1.807, 2.05) is 45.0 Å². The van der Waals surface area contributed by atoms with E-state index in [0.717, 1.165) is 52.8 Å². The molecule has 31 heavy (non-hydrogen) atoms. The number of benzene rings is 1. The van der Waals surface area contributed by atoms with Crippen molar-refractivity contribution < 1.29 is 9.59 Å². The fraction of sp³-hybridized carbons (Fsp3) is 0.458. The number of amides is 3. The normalized spacial score (nSPS) is 14.3. The van der Waals surface area contributed by atoms with Crippen molar-refractivity contribution in [3.8, 4) is 0 Å². The summed E-state index contributed by atoms with van der Waals surface area (Å²) in [6.45, 7) is 10.6. The first-order valence-electron chi connectivity index (χ1n) is 10.9. The van der Waals surface area contributed by atoms with Gasteiger partial charge in [0.15, 0.2) is 0 Å². The summed E-state index contributed by atoms with van der Waals surface area (Å²) in [5.74, 6) is 1.51. The number of pyridine rings is 1. The maximum absolute atomic E-state index is 12.2. The Bertz CT molecular complexity index is 895. The fourth-order valence-electron chi connectivity index (χ4n) is 3.91. The molecule has 3 N–H and O–H groups in total. The average molecular weight is 424 g/mol. The Labute approximate surface area is 184 Å². The van der Waals surface area contributed by atoms with Crippen LogP contribution < -0.4 is 20.9 Å². The first-order chi connectivity index (χ1) is 14.8. The van der Waals surface area contributed by atoms with Crippen LogP contribution in [0.5, 0.6) is 0 Å². The van der Waals surface area contributed by atoms with Gasteiger partial charge in [0.05, 0.1) is 6.54 Å². The third kappa shape index (κ3) is 6.44. The number of aryl methyl sites for hydroxylation is 3. The van der Waals surface area contributed by atoms with Crippen LogP contribution >= 0.6 is 0 Å². The molecular weight excluding hydrogens is 390 g/mol. The van der Waals surface area contributed by atoms with Gasteiger partial charge in [0.2, 0.25) is 5.91 Å². The fourth-order valence-corrected chi connectivity index (χ4v) is 3.91. The molecule has 3 amide bonds. The number of piperidine rings is 1. The van der Waals surface area contributed by atoms with Crippen molar-refractivity contribution in [2.75, 3.05) is 29.9 Å². The van der Waals surface area contributed by atoms with E-state index < -0.39 is 0 Å². The molecule has 1 aliphatic rings. The second-order valence-corrected chi connectivity index (χ2v) is 8.55. The average Bonchev–Trinajstić information content (AvgIpc) is 2.74. The second kappa shape index (κ2) is 10.3. The number of nitrogens with one attached hydrogen (secondary N) is 3. The van der Waals surface area contributed by atoms with Crippen LogP contribution in [0.15, 0.2) is 30.5 Å². The van der Waals surface area contributed by atoms with Gasteiger partial charge < -0.3 is 20.9 Å². The lowest BCUT2D eigenvalue weighted by Gasteiger charge is -2.31. The van der Waals surface area contributed by atoms with Crippen molar-refractivity contribution in [3.05, 3.63) is 52.7 Å². The minimum absolute atomic E-state index is 0.0941. The quantitative estimate of drug-likeness (QED) is 0.662. The van der Waals surface area contributed by atoms with E-state index >= 15 is 0 Å². The highest BCUT2D eigenvalue weighted by Gasteiger charge is 2.16. The number of carbonyl (C=O) groups excluding carboxylic acids is 2. The predicted octanol–water partition coefficient (Wildman–Crippen LogP) is 3.68. The number of carbonyl (C=O) groups is 2. The predicted molar refractivity (Wildman–Crippen MR) is 124 cm³/mol. The third-order valence-electron chi connectivity index (χ3n) is 5.72. The standard InChI is InChI=1S/C24H33N5O2/c1-16-7-9-29(10-8-16)21-6-5-20(13-25-21)14-26-24(31)27-15-22(30)28-23-18(3)11-17(2)12-19(23)4/h5-6,11-13,16H,7-10,14-15H2,1-4H3,(H,28,30)(H2,26,27,31). The van der Waals surface area contributed by atoms with Gasteiger partial charge in [0, 0.05) is 31.5 Å². The molecule has 2 aromatic rings. The molecule has 0 spiro atoms. The van der Waals surface area contributed by atoms with Gasteiger partial charge in [-0.2, -0.15) is 0 Å². The zero-order valence-corrected chi connectivity index (χ0v) is 18.9. The molecule has 1 aromatic carbocycles. The molecule has 0 bridgehead atoms. The van der Waals surface area contributed by atoms with Crippen LogP contribution in [0.4, 0.5) is 16.3 Å². The minimum Gasteiger partial charge on any atom is -0.357 e. The number of nitrogens with zero attached hydrogens (tertiary/aromatic N) is 2. The second-order valence-electron chi connectivity index (χ2n) is 8.55. The summed E-state index contributed by atoms with van der Waals surface area (Å²) in [6.07, 6.45) is 4.19. The van der Waals surface area contributed by atoms with Crippen LogP contribution in [0.2, 0.25) is 0 Å². The summed E-state index contributed by atoms with van der Waals surface area (Å²) >= 11 is 0. The van der Waals surface area contributed by atoms with Crippen LogP contribution in [0, 0.1) is 26.7 Å². The van der Waals surface area contributed by atoms with Crippen LogP contribution in [0.25, 0.3) is 0 Å². The topological polar surface area (TPSA) is 86.4 Å². The molecule has 0 aliphatic carbocycles. The smallest absolute Gasteiger partial charge is 0.315 e. The highest BCUT2D eigenvalue weighted by atomic mass is 16.2. The monoisotopic (exact) mass is 423 g/mol. The molecule has 0 radical (unpaired) electrons. The van der Waals surface area contributed by atoms with Crippen LogP contribution in [0.1, 0.15) is 42.0 Å². The van der Waals surface area contributed by atoms with E-state index in [4.69, 9.17) is 0 Å². The maximum atomic E-state index is 12.2. The van der Waals surface area contributed by atoms with Crippen LogP contribution in [-0.2, 0) is 11.3 Å². The van der Waals surface area contributed by atoms with Crippen molar-refractivity contribution in [2.45, 2.75) is 47.1 Å². The van der Waals surface area contributed by atoms with Crippen LogP contribution in [-0.4, -0.2) is 36.6 Å². The van der Waals surface area contributed by atoms with Crippen molar-refractivity contribution in [1.29, 1.82) is 0 Å². The Balaban J connectivity index is 1.41. The Hall–Kier alpha value is -3.09. The SMILES string of the molecule is Cc1cc(C)c(NC(=O)CNC(=O)NCc2ccc(N3CCC(C)CC3)nc2)c(C)c1. The van der Waals surface area contributed by atoms with E-state index in [2.05, 4.69) is 32.8 Å². The third-order valence-corrected chi connectivity index (χ3v) is 5.72. The van der Waals surface area contributed by atoms with Gasteiger partial charge in [-0.1, -0.05) is 30.7 Å². The Morgan fingerprint density at radius 3 is 2.35 bits per heavy atom. The number of aromatic nitrogens is 1. The molecule has 0 saturated carbocycles. The van der Waals surface area contributed by atoms with Crippen LogP contribution in [0.3, 0.4) is 0 Å². The molecule has 166 valence electrons. The Morgan fingerprint density at radius 2 is 1.74 bits per heavy atom. The van der Waals surface area contributed by atoms with Crippen molar-refractivity contribution >= 4 is 23.4 Å². The van der Waals surface area contributed by atoms with E-state index in [1.54, 1.807) is 6.20 Å². The van der Waals surface area contributed by atoms with Crippen molar-refractivity contribution in [2.24, 2.45) is 5.92 Å². The van der Waals surface area contributed by atoms with Gasteiger partial charge in [-0.25, -0.2) is 9.78 Å². The van der Waals surface area contributed by atoms with Crippen molar-refractivity contribution in [3.63, 3.8) is 0 Å². The molecule has 0 unspecified atom stereocenters. The largest absolute Gasteiger partial charge is 0.357 e. The summed E-state index contributed by atoms with van der Waals surface area (Å²) in [5, 5.41) is 8.25. The minimum atomic E-state index is -0.387. The molecule has 3 rings (SSSR count). The molecular formula is C24H33N5O2. The first kappa shape index (κ1) is 22.6. The first-order valence-corrected chi connectivity index (χ1v) is 10.9. The lowest BCUT2D eigenvalue weighted by atomic mass is 9.99. The zero-order valence-electron chi connectivity index (χ0n) is 18.9. The lowest BCUT2D eigenvalue weighted by molar-refractivity contribution is -0.115. The number of anilines is 2. The Kier molecular flexibility index (Phi) is 7.50. The van der Waals surface area contributed by atoms with Gasteiger partial charge in [-0.15, -0.1) is 0 Å². The van der Waals surface area contributed by atoms with E-state index in [0.29, 0.717) is 6.54 Å². The lowest BCUT2D eigenvalue weighted by Crippen LogP contribution is -2.39.